The van der Waals surface area contributed by atoms with Crippen LogP contribution in [0.4, 0.5) is 8.78 Å². The maximum absolute atomic E-state index is 11.5. The molecule has 1 N–H and O–H groups in total. The Labute approximate surface area is 63.7 Å². The summed E-state index contributed by atoms with van der Waals surface area (Å²) in [6, 6.07) is 0. The number of amides is 1. The second-order valence-electron chi connectivity index (χ2n) is 2.98. The van der Waals surface area contributed by atoms with Crippen molar-refractivity contribution in [1.82, 2.24) is 5.48 Å². The first-order valence-corrected chi connectivity index (χ1v) is 3.09. The second kappa shape index (κ2) is 3.61. The van der Waals surface area contributed by atoms with E-state index in [2.05, 4.69) is 4.84 Å². The molecule has 0 rings (SSSR count). The van der Waals surface area contributed by atoms with E-state index in [-0.39, 0.29) is 0 Å². The number of carbonyl (C=O) groups excluding carboxylic acids is 1. The Kier molecular flexibility index (Phi) is 3.38. The minimum absolute atomic E-state index is 0.648. The minimum atomic E-state index is -3.03. The summed E-state index contributed by atoms with van der Waals surface area (Å²) in [6.07, 6.45) is -3.03. The fourth-order valence-electron chi connectivity index (χ4n) is 0.248. The van der Waals surface area contributed by atoms with Crippen LogP contribution in [0.15, 0.2) is 0 Å². The van der Waals surface area contributed by atoms with Gasteiger partial charge in [0.1, 0.15) is 0 Å². The molecule has 66 valence electrons. The number of hydroxylamine groups is 1. The lowest BCUT2D eigenvalue weighted by Crippen LogP contribution is -2.36. The average Bonchev–Trinajstić information content (AvgIpc) is 1.80. The Morgan fingerprint density at radius 2 is 1.91 bits per heavy atom. The van der Waals surface area contributed by atoms with Crippen LogP contribution in [0.25, 0.3) is 0 Å². The van der Waals surface area contributed by atoms with Gasteiger partial charge in [0.15, 0.2) is 0 Å². The number of nitrogens with one attached hydrogen (secondary N) is 1. The van der Waals surface area contributed by atoms with E-state index >= 15 is 0 Å². The molecule has 0 aliphatic carbocycles. The van der Waals surface area contributed by atoms with Crippen molar-refractivity contribution < 1.29 is 18.4 Å². The molecule has 0 aromatic heterocycles. The standard InChI is InChI=1S/C6H11F2NO2/c1-6(2,3)11-9-5(10)4(7)8/h4H,1-3H3,(H,9,10). The molecule has 0 aliphatic rings. The lowest BCUT2D eigenvalue weighted by molar-refractivity contribution is -0.156. The molecule has 0 aromatic carbocycles. The summed E-state index contributed by atoms with van der Waals surface area (Å²) in [7, 11) is 0. The molecule has 1 amide bonds. The van der Waals surface area contributed by atoms with Gasteiger partial charge in [0.2, 0.25) is 0 Å². The van der Waals surface area contributed by atoms with Gasteiger partial charge in [-0.15, -0.1) is 0 Å². The number of hydrogen-bond acceptors (Lipinski definition) is 2. The van der Waals surface area contributed by atoms with E-state index in [1.165, 1.54) is 0 Å². The van der Waals surface area contributed by atoms with Crippen LogP contribution >= 0.6 is 0 Å². The lowest BCUT2D eigenvalue weighted by Gasteiger charge is -2.18. The number of carbonyl (C=O) groups is 1. The highest BCUT2D eigenvalue weighted by Crippen LogP contribution is 2.04. The molecule has 0 heterocycles. The largest absolute Gasteiger partial charge is 0.317 e. The molecule has 0 fully saturated rings. The highest BCUT2D eigenvalue weighted by molar-refractivity contribution is 5.77. The van der Waals surface area contributed by atoms with Crippen LogP contribution in [-0.2, 0) is 9.63 Å². The third-order valence-electron chi connectivity index (χ3n) is 0.656. The van der Waals surface area contributed by atoms with Crippen molar-refractivity contribution in [3.05, 3.63) is 0 Å². The van der Waals surface area contributed by atoms with Crippen LogP contribution in [0, 0.1) is 0 Å². The van der Waals surface area contributed by atoms with Crippen LogP contribution < -0.4 is 5.48 Å². The van der Waals surface area contributed by atoms with E-state index in [4.69, 9.17) is 0 Å². The zero-order valence-electron chi connectivity index (χ0n) is 6.65. The third kappa shape index (κ3) is 5.72. The van der Waals surface area contributed by atoms with Gasteiger partial charge in [-0.1, -0.05) is 0 Å². The van der Waals surface area contributed by atoms with E-state index in [0.717, 1.165) is 0 Å². The van der Waals surface area contributed by atoms with Crippen molar-refractivity contribution in [1.29, 1.82) is 0 Å². The normalized spacial score (nSPS) is 11.8. The minimum Gasteiger partial charge on any atom is -0.268 e. The highest BCUT2D eigenvalue weighted by Gasteiger charge is 2.18. The van der Waals surface area contributed by atoms with E-state index in [1.54, 1.807) is 26.3 Å². The fraction of sp³-hybridized carbons (Fsp3) is 0.833. The highest BCUT2D eigenvalue weighted by atomic mass is 19.3. The van der Waals surface area contributed by atoms with Crippen molar-refractivity contribution in [2.45, 2.75) is 32.8 Å². The second-order valence-corrected chi connectivity index (χ2v) is 2.98. The summed E-state index contributed by atoms with van der Waals surface area (Å²) in [5.74, 6) is -1.42. The summed E-state index contributed by atoms with van der Waals surface area (Å²) < 4.78 is 23.0. The summed E-state index contributed by atoms with van der Waals surface area (Å²) in [5.41, 5.74) is 0.985. The maximum Gasteiger partial charge on any atom is 0.317 e. The van der Waals surface area contributed by atoms with Gasteiger partial charge in [-0.2, -0.15) is 8.78 Å². The first kappa shape index (κ1) is 10.3. The quantitative estimate of drug-likeness (QED) is 0.625. The van der Waals surface area contributed by atoms with Gasteiger partial charge in [0.05, 0.1) is 5.60 Å². The van der Waals surface area contributed by atoms with Gasteiger partial charge in [-0.25, -0.2) is 5.48 Å². The predicted octanol–water partition coefficient (Wildman–Crippen LogP) is 1.10. The van der Waals surface area contributed by atoms with Crippen molar-refractivity contribution in [3.63, 3.8) is 0 Å². The number of alkyl halides is 2. The molecule has 0 saturated heterocycles. The molecule has 0 radical (unpaired) electrons. The van der Waals surface area contributed by atoms with Crippen LogP contribution in [0.1, 0.15) is 20.8 Å². The van der Waals surface area contributed by atoms with Crippen molar-refractivity contribution in [3.8, 4) is 0 Å². The molecule has 0 atom stereocenters. The Bertz CT molecular complexity index is 142. The average molecular weight is 167 g/mol. The Balaban J connectivity index is 3.64. The summed E-state index contributed by atoms with van der Waals surface area (Å²) in [6.45, 7) is 4.91. The molecular formula is C6H11F2NO2. The molecule has 0 aromatic rings. The molecule has 0 aliphatic heterocycles. The van der Waals surface area contributed by atoms with Gasteiger partial charge in [-0.05, 0) is 20.8 Å². The molecule has 0 bridgehead atoms. The van der Waals surface area contributed by atoms with Crippen molar-refractivity contribution in [2.24, 2.45) is 0 Å². The molecule has 11 heavy (non-hydrogen) atoms. The van der Waals surface area contributed by atoms with Crippen molar-refractivity contribution in [2.75, 3.05) is 0 Å². The van der Waals surface area contributed by atoms with Crippen LogP contribution in [0.3, 0.4) is 0 Å². The van der Waals surface area contributed by atoms with Crippen LogP contribution in [-0.4, -0.2) is 17.9 Å². The molecule has 0 spiro atoms. The molecule has 0 saturated carbocycles. The molecule has 3 nitrogen and oxygen atoms in total. The Morgan fingerprint density at radius 3 is 2.18 bits per heavy atom. The van der Waals surface area contributed by atoms with E-state index in [0.29, 0.717) is 0 Å². The smallest absolute Gasteiger partial charge is 0.268 e. The first-order chi connectivity index (χ1) is 4.83. The predicted molar refractivity (Wildman–Crippen MR) is 35.0 cm³/mol. The van der Waals surface area contributed by atoms with Gasteiger partial charge in [-0.3, -0.25) is 9.63 Å². The Hall–Kier alpha value is -0.710. The van der Waals surface area contributed by atoms with E-state index in [1.807, 2.05) is 0 Å². The van der Waals surface area contributed by atoms with Gasteiger partial charge in [0.25, 0.3) is 0 Å². The number of rotatable bonds is 2. The van der Waals surface area contributed by atoms with Gasteiger partial charge >= 0.3 is 12.3 Å². The van der Waals surface area contributed by atoms with Gasteiger partial charge < -0.3 is 0 Å². The van der Waals surface area contributed by atoms with E-state index < -0.39 is 17.9 Å². The van der Waals surface area contributed by atoms with E-state index in [9.17, 15) is 13.6 Å². The summed E-state index contributed by atoms with van der Waals surface area (Å²) in [5, 5.41) is 0. The Morgan fingerprint density at radius 1 is 1.45 bits per heavy atom. The maximum atomic E-state index is 11.5. The molecule has 5 heteroatoms. The zero-order chi connectivity index (χ0) is 9.07. The van der Waals surface area contributed by atoms with Crippen molar-refractivity contribution >= 4 is 5.91 Å². The van der Waals surface area contributed by atoms with Gasteiger partial charge in [0, 0.05) is 0 Å². The first-order valence-electron chi connectivity index (χ1n) is 3.09. The number of halogens is 2. The summed E-state index contributed by atoms with van der Waals surface area (Å²) >= 11 is 0. The monoisotopic (exact) mass is 167 g/mol. The fourth-order valence-corrected chi connectivity index (χ4v) is 0.248. The topological polar surface area (TPSA) is 38.3 Å². The van der Waals surface area contributed by atoms with Crippen LogP contribution in [0.2, 0.25) is 0 Å². The van der Waals surface area contributed by atoms with Crippen LogP contribution in [0.5, 0.6) is 0 Å². The third-order valence-corrected chi connectivity index (χ3v) is 0.656. The molecular weight excluding hydrogens is 156 g/mol. The number of hydrogen-bond donors (Lipinski definition) is 1. The zero-order valence-corrected chi connectivity index (χ0v) is 6.65. The lowest BCUT2D eigenvalue weighted by atomic mass is 10.2. The SMILES string of the molecule is CC(C)(C)ONC(=O)C(F)F. The summed E-state index contributed by atoms with van der Waals surface area (Å²) in [4.78, 5) is 14.8. The molecule has 0 unspecified atom stereocenters.